The van der Waals surface area contributed by atoms with Gasteiger partial charge in [-0.3, -0.25) is 4.79 Å². The van der Waals surface area contributed by atoms with Gasteiger partial charge < -0.3 is 15.1 Å². The van der Waals surface area contributed by atoms with Crippen LogP contribution < -0.4 is 4.90 Å². The van der Waals surface area contributed by atoms with Crippen molar-refractivity contribution in [1.82, 2.24) is 0 Å². The molecule has 34 heavy (non-hydrogen) atoms. The largest absolute Gasteiger partial charge is 0.477 e. The van der Waals surface area contributed by atoms with E-state index in [1.807, 2.05) is 19.9 Å². The summed E-state index contributed by atoms with van der Waals surface area (Å²) >= 11 is 1.36. The van der Waals surface area contributed by atoms with E-state index in [1.165, 1.54) is 37.0 Å². The van der Waals surface area contributed by atoms with Crippen LogP contribution in [0, 0.1) is 11.8 Å². The zero-order valence-electron chi connectivity index (χ0n) is 20.5. The van der Waals surface area contributed by atoms with Gasteiger partial charge in [0.2, 0.25) is 0 Å². The van der Waals surface area contributed by atoms with Gasteiger partial charge >= 0.3 is 5.97 Å². The fourth-order valence-corrected chi connectivity index (χ4v) is 6.52. The number of anilines is 1. The Morgan fingerprint density at radius 2 is 1.71 bits per heavy atom. The molecular weight excluding hydrogens is 446 g/mol. The quantitative estimate of drug-likeness (QED) is 0.441. The maximum atomic E-state index is 12.2. The average molecular weight is 492 g/mol. The second-order valence-corrected chi connectivity index (χ2v) is 10.9. The summed E-state index contributed by atoms with van der Waals surface area (Å²) in [6, 6.07) is 2.36. The first-order valence-corrected chi connectivity index (χ1v) is 13.7. The Morgan fingerprint density at radius 1 is 1.06 bits per heavy atom. The minimum Gasteiger partial charge on any atom is -0.477 e. The number of allylic oxidation sites excluding steroid dienone is 2. The SMILES string of the molecule is C.CC.CC1CCC(CN(c2cc(C3=CCC(=O)CC3)sc2C(=O)O)C2CCC(O)CC2)CC1. The van der Waals surface area contributed by atoms with Crippen molar-refractivity contribution >= 4 is 34.3 Å². The molecule has 1 heterocycles. The third-order valence-corrected chi connectivity index (χ3v) is 8.67. The van der Waals surface area contributed by atoms with Crippen LogP contribution >= 0.6 is 11.3 Å². The molecule has 0 amide bonds. The molecule has 0 spiro atoms. The molecule has 1 aromatic heterocycles. The van der Waals surface area contributed by atoms with Crippen molar-refractivity contribution in [2.24, 2.45) is 11.8 Å². The van der Waals surface area contributed by atoms with Crippen LogP contribution in [0.5, 0.6) is 0 Å². The first-order valence-electron chi connectivity index (χ1n) is 12.9. The summed E-state index contributed by atoms with van der Waals surface area (Å²) in [5.74, 6) is 0.780. The van der Waals surface area contributed by atoms with Crippen LogP contribution in [-0.2, 0) is 4.79 Å². The summed E-state index contributed by atoms with van der Waals surface area (Å²) in [4.78, 5) is 27.7. The molecule has 3 aliphatic rings. The monoisotopic (exact) mass is 491 g/mol. The number of aromatic carboxylic acids is 1. The standard InChI is InChI=1S/C25H35NO4S.C2H6.CH4/c1-16-2-4-17(5-3-16)15-26(19-8-12-21(28)13-9-19)22-14-23(31-24(22)25(29)30)18-6-10-20(27)11-7-18;1-2;/h6,14,16-17,19,21,28H,2-5,7-13,15H2,1H3,(H,29,30);1-2H3;1H4. The van der Waals surface area contributed by atoms with Crippen molar-refractivity contribution < 1.29 is 19.8 Å². The van der Waals surface area contributed by atoms with E-state index in [0.717, 1.165) is 54.3 Å². The molecule has 0 bridgehead atoms. The number of ketones is 1. The van der Waals surface area contributed by atoms with Crippen molar-refractivity contribution in [3.63, 3.8) is 0 Å². The zero-order chi connectivity index (χ0) is 24.0. The highest BCUT2D eigenvalue weighted by molar-refractivity contribution is 7.15. The number of carbonyl (C=O) groups is 2. The van der Waals surface area contributed by atoms with E-state index in [4.69, 9.17) is 0 Å². The van der Waals surface area contributed by atoms with Gasteiger partial charge in [0.15, 0.2) is 0 Å². The summed E-state index contributed by atoms with van der Waals surface area (Å²) < 4.78 is 0. The average Bonchev–Trinajstić information content (AvgIpc) is 3.27. The Hall–Kier alpha value is -1.66. The number of carbonyl (C=O) groups excluding carboxylic acids is 1. The minimum absolute atomic E-state index is 0. The van der Waals surface area contributed by atoms with E-state index in [2.05, 4.69) is 17.9 Å². The van der Waals surface area contributed by atoms with Gasteiger partial charge in [0, 0.05) is 30.3 Å². The highest BCUT2D eigenvalue weighted by atomic mass is 32.1. The van der Waals surface area contributed by atoms with Gasteiger partial charge in [-0.25, -0.2) is 4.79 Å². The van der Waals surface area contributed by atoms with E-state index in [1.54, 1.807) is 0 Å². The summed E-state index contributed by atoms with van der Waals surface area (Å²) in [5.41, 5.74) is 1.97. The van der Waals surface area contributed by atoms with Crippen molar-refractivity contribution in [2.75, 3.05) is 11.4 Å². The van der Waals surface area contributed by atoms with Gasteiger partial charge in [-0.1, -0.05) is 47.1 Å². The van der Waals surface area contributed by atoms with E-state index in [0.29, 0.717) is 30.1 Å². The molecule has 6 heteroatoms. The minimum atomic E-state index is -0.864. The number of aliphatic hydroxyl groups is 1. The van der Waals surface area contributed by atoms with Crippen LogP contribution in [0.3, 0.4) is 0 Å². The van der Waals surface area contributed by atoms with Crippen LogP contribution in [0.1, 0.15) is 113 Å². The molecule has 192 valence electrons. The maximum Gasteiger partial charge on any atom is 0.348 e. The molecule has 5 nitrogen and oxygen atoms in total. The van der Waals surface area contributed by atoms with Gasteiger partial charge in [0.25, 0.3) is 0 Å². The molecule has 2 fully saturated rings. The number of nitrogens with zero attached hydrogens (tertiary/aromatic N) is 1. The van der Waals surface area contributed by atoms with Crippen LogP contribution in [0.2, 0.25) is 0 Å². The second kappa shape index (κ2) is 13.4. The van der Waals surface area contributed by atoms with Crippen molar-refractivity contribution in [3.05, 3.63) is 21.9 Å². The maximum absolute atomic E-state index is 12.2. The van der Waals surface area contributed by atoms with Crippen LogP contribution in [0.15, 0.2) is 12.1 Å². The molecular formula is C28H45NO4S. The normalized spacial score (nSPS) is 27.1. The first kappa shape index (κ1) is 28.6. The van der Waals surface area contributed by atoms with E-state index in [9.17, 15) is 19.8 Å². The third kappa shape index (κ3) is 7.17. The lowest BCUT2D eigenvalue weighted by atomic mass is 9.82. The highest BCUT2D eigenvalue weighted by Crippen LogP contribution is 2.41. The highest BCUT2D eigenvalue weighted by Gasteiger charge is 2.32. The predicted octanol–water partition coefficient (Wildman–Crippen LogP) is 7.18. The van der Waals surface area contributed by atoms with Gasteiger partial charge in [0.1, 0.15) is 10.7 Å². The van der Waals surface area contributed by atoms with E-state index < -0.39 is 5.97 Å². The van der Waals surface area contributed by atoms with Crippen molar-refractivity contribution in [3.8, 4) is 0 Å². The number of hydrogen-bond donors (Lipinski definition) is 2. The van der Waals surface area contributed by atoms with Crippen LogP contribution in [0.25, 0.3) is 5.57 Å². The second-order valence-electron chi connectivity index (χ2n) is 9.84. The Bertz CT molecular complexity index is 829. The van der Waals surface area contributed by atoms with E-state index in [-0.39, 0.29) is 25.4 Å². The molecule has 2 saturated carbocycles. The fraction of sp³-hybridized carbons (Fsp3) is 0.714. The van der Waals surface area contributed by atoms with Gasteiger partial charge in [-0.15, -0.1) is 11.3 Å². The Kier molecular flexibility index (Phi) is 11.3. The number of aliphatic hydroxyl groups excluding tert-OH is 1. The lowest BCUT2D eigenvalue weighted by molar-refractivity contribution is -0.118. The number of rotatable bonds is 6. The smallest absolute Gasteiger partial charge is 0.348 e. The van der Waals surface area contributed by atoms with Gasteiger partial charge in [-0.2, -0.15) is 0 Å². The molecule has 3 aliphatic carbocycles. The molecule has 2 N–H and O–H groups in total. The van der Waals surface area contributed by atoms with Gasteiger partial charge in [-0.05, 0) is 68.4 Å². The number of carboxylic acid groups (broad SMARTS) is 1. The van der Waals surface area contributed by atoms with E-state index >= 15 is 0 Å². The van der Waals surface area contributed by atoms with Crippen LogP contribution in [0.4, 0.5) is 5.69 Å². The number of thiophene rings is 1. The summed E-state index contributed by atoms with van der Waals surface area (Å²) in [7, 11) is 0. The topological polar surface area (TPSA) is 77.8 Å². The Labute approximate surface area is 210 Å². The molecule has 4 rings (SSSR count). The molecule has 0 unspecified atom stereocenters. The molecule has 1 aromatic rings. The Morgan fingerprint density at radius 3 is 2.26 bits per heavy atom. The lowest BCUT2D eigenvalue weighted by Gasteiger charge is -2.40. The summed E-state index contributed by atoms with van der Waals surface area (Å²) in [5, 5.41) is 20.0. The number of hydrogen-bond acceptors (Lipinski definition) is 5. The van der Waals surface area contributed by atoms with Gasteiger partial charge in [0.05, 0.1) is 11.8 Å². The molecule has 0 aliphatic heterocycles. The predicted molar refractivity (Wildman–Crippen MR) is 143 cm³/mol. The number of carboxylic acids is 1. The number of Topliss-reactive ketones (excluding diaryl/α,β-unsaturated/α-hetero) is 1. The zero-order valence-corrected chi connectivity index (χ0v) is 21.3. The molecule has 0 aromatic carbocycles. The fourth-order valence-electron chi connectivity index (χ4n) is 5.45. The summed E-state index contributed by atoms with van der Waals surface area (Å²) in [6.45, 7) is 7.23. The Balaban J connectivity index is 0.00000133. The van der Waals surface area contributed by atoms with Crippen molar-refractivity contribution in [2.45, 2.75) is 111 Å². The lowest BCUT2D eigenvalue weighted by Crippen LogP contribution is -2.43. The summed E-state index contributed by atoms with van der Waals surface area (Å²) in [6.07, 6.45) is 11.8. The van der Waals surface area contributed by atoms with Crippen LogP contribution in [-0.4, -0.2) is 40.7 Å². The first-order chi connectivity index (χ1) is 15.9. The van der Waals surface area contributed by atoms with Crippen molar-refractivity contribution in [1.29, 1.82) is 0 Å². The molecule has 0 radical (unpaired) electrons. The molecule has 0 saturated heterocycles. The third-order valence-electron chi connectivity index (χ3n) is 7.48. The molecule has 0 atom stereocenters.